The van der Waals surface area contributed by atoms with Crippen molar-refractivity contribution in [3.63, 3.8) is 0 Å². The lowest BCUT2D eigenvalue weighted by Crippen LogP contribution is -2.39. The lowest BCUT2D eigenvalue weighted by Gasteiger charge is -2.27. The molecular formula is C9H16N2O3. The normalized spacial score (nSPS) is 17.5. The van der Waals surface area contributed by atoms with Crippen molar-refractivity contribution in [1.82, 2.24) is 10.2 Å². The molecular weight excluding hydrogens is 184 g/mol. The number of imide groups is 1. The van der Waals surface area contributed by atoms with Crippen LogP contribution in [0.1, 0.15) is 20.3 Å². The van der Waals surface area contributed by atoms with Gasteiger partial charge in [-0.2, -0.15) is 0 Å². The van der Waals surface area contributed by atoms with Crippen LogP contribution in [-0.4, -0.2) is 41.6 Å². The number of aliphatic hydroxyl groups excluding tert-OH is 1. The number of carbonyl (C=O) groups is 2. The first-order valence-electron chi connectivity index (χ1n) is 4.65. The smallest absolute Gasteiger partial charge is 0.324 e. The zero-order valence-corrected chi connectivity index (χ0v) is 8.54. The summed E-state index contributed by atoms with van der Waals surface area (Å²) < 4.78 is 0. The summed E-state index contributed by atoms with van der Waals surface area (Å²) >= 11 is 0. The highest BCUT2D eigenvalue weighted by Crippen LogP contribution is 2.22. The van der Waals surface area contributed by atoms with E-state index in [-0.39, 0.29) is 30.5 Å². The SMILES string of the molecule is CC(C)(CCO)CN1C(=O)CNC1=O. The van der Waals surface area contributed by atoms with E-state index in [1.54, 1.807) is 0 Å². The molecule has 0 aromatic carbocycles. The largest absolute Gasteiger partial charge is 0.396 e. The summed E-state index contributed by atoms with van der Waals surface area (Å²) in [6.07, 6.45) is 0.573. The molecule has 0 spiro atoms. The van der Waals surface area contributed by atoms with Crippen molar-refractivity contribution in [3.8, 4) is 0 Å². The van der Waals surface area contributed by atoms with Crippen molar-refractivity contribution >= 4 is 11.9 Å². The predicted molar refractivity (Wildman–Crippen MR) is 50.6 cm³/mol. The number of nitrogens with one attached hydrogen (secondary N) is 1. The van der Waals surface area contributed by atoms with Crippen molar-refractivity contribution < 1.29 is 14.7 Å². The summed E-state index contributed by atoms with van der Waals surface area (Å²) in [6.45, 7) is 4.35. The fraction of sp³-hybridized carbons (Fsp3) is 0.778. The van der Waals surface area contributed by atoms with Gasteiger partial charge in [0.1, 0.15) is 0 Å². The Bertz CT molecular complexity index is 234. The summed E-state index contributed by atoms with van der Waals surface area (Å²) in [5.74, 6) is -0.194. The zero-order valence-electron chi connectivity index (χ0n) is 8.54. The first-order valence-corrected chi connectivity index (χ1v) is 4.65. The number of rotatable bonds is 4. The van der Waals surface area contributed by atoms with Crippen molar-refractivity contribution in [2.45, 2.75) is 20.3 Å². The molecule has 1 aliphatic heterocycles. The van der Waals surface area contributed by atoms with Gasteiger partial charge in [-0.15, -0.1) is 0 Å². The Labute approximate surface area is 83.1 Å². The minimum Gasteiger partial charge on any atom is -0.396 e. The van der Waals surface area contributed by atoms with E-state index in [9.17, 15) is 9.59 Å². The first-order chi connectivity index (χ1) is 6.46. The summed E-state index contributed by atoms with van der Waals surface area (Å²) in [6, 6.07) is -0.332. The Kier molecular flexibility index (Phi) is 3.10. The standard InChI is InChI=1S/C9H16N2O3/c1-9(2,3-4-12)6-11-7(13)5-10-8(11)14/h12H,3-6H2,1-2H3,(H,10,14). The third-order valence-electron chi connectivity index (χ3n) is 2.31. The molecule has 0 radical (unpaired) electrons. The molecule has 14 heavy (non-hydrogen) atoms. The van der Waals surface area contributed by atoms with E-state index in [0.29, 0.717) is 13.0 Å². The van der Waals surface area contributed by atoms with Crippen molar-refractivity contribution in [2.75, 3.05) is 19.7 Å². The maximum atomic E-state index is 11.2. The van der Waals surface area contributed by atoms with Crippen LogP contribution >= 0.6 is 0 Å². The zero-order chi connectivity index (χ0) is 10.8. The fourth-order valence-corrected chi connectivity index (χ4v) is 1.43. The third-order valence-corrected chi connectivity index (χ3v) is 2.31. The topological polar surface area (TPSA) is 69.6 Å². The van der Waals surface area contributed by atoms with Gasteiger partial charge in [0.15, 0.2) is 0 Å². The van der Waals surface area contributed by atoms with Crippen LogP contribution in [0.4, 0.5) is 4.79 Å². The molecule has 0 unspecified atom stereocenters. The lowest BCUT2D eigenvalue weighted by molar-refractivity contribution is -0.126. The number of hydrogen-bond donors (Lipinski definition) is 2. The van der Waals surface area contributed by atoms with Crippen LogP contribution in [0.15, 0.2) is 0 Å². The van der Waals surface area contributed by atoms with Gasteiger partial charge in [-0.05, 0) is 11.8 Å². The molecule has 0 bridgehead atoms. The van der Waals surface area contributed by atoms with Gasteiger partial charge >= 0.3 is 6.03 Å². The summed E-state index contributed by atoms with van der Waals surface area (Å²) in [4.78, 5) is 23.6. The number of aliphatic hydroxyl groups is 1. The van der Waals surface area contributed by atoms with Crippen molar-refractivity contribution in [1.29, 1.82) is 0 Å². The molecule has 1 saturated heterocycles. The number of hydrogen-bond acceptors (Lipinski definition) is 3. The van der Waals surface area contributed by atoms with Crippen molar-refractivity contribution in [2.24, 2.45) is 5.41 Å². The number of urea groups is 1. The van der Waals surface area contributed by atoms with Gasteiger partial charge in [0.25, 0.3) is 0 Å². The number of amides is 3. The second-order valence-electron chi connectivity index (χ2n) is 4.28. The van der Waals surface area contributed by atoms with Gasteiger partial charge in [0.2, 0.25) is 5.91 Å². The Morgan fingerprint density at radius 1 is 1.50 bits per heavy atom. The minimum absolute atomic E-state index is 0.0661. The summed E-state index contributed by atoms with van der Waals surface area (Å²) in [7, 11) is 0. The highest BCUT2D eigenvalue weighted by molar-refractivity contribution is 6.01. The predicted octanol–water partition coefficient (Wildman–Crippen LogP) is -0.0532. The Morgan fingerprint density at radius 2 is 2.14 bits per heavy atom. The molecule has 80 valence electrons. The molecule has 0 aromatic heterocycles. The van der Waals surface area contributed by atoms with Crippen LogP contribution < -0.4 is 5.32 Å². The van der Waals surface area contributed by atoms with Gasteiger partial charge in [-0.3, -0.25) is 9.69 Å². The van der Waals surface area contributed by atoms with E-state index in [1.165, 1.54) is 4.90 Å². The van der Waals surface area contributed by atoms with E-state index in [0.717, 1.165) is 0 Å². The van der Waals surface area contributed by atoms with Crippen LogP contribution in [0.3, 0.4) is 0 Å². The van der Waals surface area contributed by atoms with Gasteiger partial charge in [-0.1, -0.05) is 13.8 Å². The molecule has 0 saturated carbocycles. The Balaban J connectivity index is 2.58. The molecule has 1 aliphatic rings. The van der Waals surface area contributed by atoms with Gasteiger partial charge in [0, 0.05) is 13.2 Å². The molecule has 0 atom stereocenters. The Hall–Kier alpha value is -1.10. The molecule has 2 N–H and O–H groups in total. The summed E-state index contributed by atoms with van der Waals surface area (Å²) in [5, 5.41) is 11.3. The first kappa shape index (κ1) is 11.0. The fourth-order valence-electron chi connectivity index (χ4n) is 1.43. The highest BCUT2D eigenvalue weighted by Gasteiger charge is 2.33. The molecule has 0 aliphatic carbocycles. The van der Waals surface area contributed by atoms with Crippen LogP contribution in [0.25, 0.3) is 0 Å². The minimum atomic E-state index is -0.332. The van der Waals surface area contributed by atoms with E-state index in [2.05, 4.69) is 5.32 Å². The average molecular weight is 200 g/mol. The second-order valence-corrected chi connectivity index (χ2v) is 4.28. The van der Waals surface area contributed by atoms with Gasteiger partial charge in [0.05, 0.1) is 6.54 Å². The second kappa shape index (κ2) is 3.96. The third kappa shape index (κ3) is 2.45. The van der Waals surface area contributed by atoms with E-state index in [1.807, 2.05) is 13.8 Å². The van der Waals surface area contributed by atoms with E-state index >= 15 is 0 Å². The quantitative estimate of drug-likeness (QED) is 0.625. The van der Waals surface area contributed by atoms with Crippen LogP contribution in [0.5, 0.6) is 0 Å². The van der Waals surface area contributed by atoms with Crippen molar-refractivity contribution in [3.05, 3.63) is 0 Å². The average Bonchev–Trinajstić information content (AvgIpc) is 2.35. The molecule has 3 amide bonds. The monoisotopic (exact) mass is 200 g/mol. The molecule has 5 heteroatoms. The van der Waals surface area contributed by atoms with E-state index in [4.69, 9.17) is 5.11 Å². The number of nitrogens with zero attached hydrogens (tertiary/aromatic N) is 1. The van der Waals surface area contributed by atoms with Gasteiger partial charge < -0.3 is 10.4 Å². The summed E-state index contributed by atoms with van der Waals surface area (Å²) in [5.41, 5.74) is -0.230. The molecule has 5 nitrogen and oxygen atoms in total. The molecule has 1 fully saturated rings. The lowest BCUT2D eigenvalue weighted by atomic mass is 9.89. The molecule has 0 aromatic rings. The Morgan fingerprint density at radius 3 is 2.57 bits per heavy atom. The van der Waals surface area contributed by atoms with Gasteiger partial charge in [-0.25, -0.2) is 4.79 Å². The molecule has 1 rings (SSSR count). The van der Waals surface area contributed by atoms with Crippen LogP contribution in [0, 0.1) is 5.41 Å². The van der Waals surface area contributed by atoms with Crippen LogP contribution in [-0.2, 0) is 4.79 Å². The number of carbonyl (C=O) groups excluding carboxylic acids is 2. The van der Waals surface area contributed by atoms with E-state index < -0.39 is 0 Å². The highest BCUT2D eigenvalue weighted by atomic mass is 16.3. The maximum absolute atomic E-state index is 11.2. The maximum Gasteiger partial charge on any atom is 0.324 e. The molecule has 1 heterocycles. The van der Waals surface area contributed by atoms with Crippen LogP contribution in [0.2, 0.25) is 0 Å².